The monoisotopic (exact) mass is 297 g/mol. The molecule has 1 N–H and O–H groups in total. The van der Waals surface area contributed by atoms with E-state index >= 15 is 0 Å². The molecule has 4 unspecified atom stereocenters. The zero-order valence-electron chi connectivity index (χ0n) is 13.1. The van der Waals surface area contributed by atoms with Gasteiger partial charge in [-0.25, -0.2) is 0 Å². The lowest BCUT2D eigenvalue weighted by molar-refractivity contribution is -0.140. The van der Waals surface area contributed by atoms with Crippen LogP contribution in [0.5, 0.6) is 0 Å². The Labute approximate surface area is 126 Å². The van der Waals surface area contributed by atoms with E-state index in [1.54, 1.807) is 0 Å². The van der Waals surface area contributed by atoms with E-state index in [1.165, 1.54) is 0 Å². The summed E-state index contributed by atoms with van der Waals surface area (Å²) in [5.41, 5.74) is 0. The number of carbonyl (C=O) groups is 2. The first-order valence-electron chi connectivity index (χ1n) is 8.15. The van der Waals surface area contributed by atoms with Gasteiger partial charge < -0.3 is 14.7 Å². The molecule has 2 heterocycles. The number of carboxylic acids is 1. The molecule has 5 nitrogen and oxygen atoms in total. The lowest BCUT2D eigenvalue weighted by Crippen LogP contribution is -2.46. The Morgan fingerprint density at radius 1 is 1.38 bits per heavy atom. The lowest BCUT2D eigenvalue weighted by Gasteiger charge is -2.37. The number of hydrogen-bond donors (Lipinski definition) is 1. The number of likely N-dealkylation sites (tertiary alicyclic amines) is 1. The molecule has 0 saturated carbocycles. The Morgan fingerprint density at radius 2 is 2.14 bits per heavy atom. The van der Waals surface area contributed by atoms with E-state index in [9.17, 15) is 9.59 Å². The SMILES string of the molecule is CCC1OCCC1C(=O)N1CCCC(C(C)CC(=O)O)C1. The van der Waals surface area contributed by atoms with Gasteiger partial charge in [0.15, 0.2) is 0 Å². The van der Waals surface area contributed by atoms with E-state index in [0.29, 0.717) is 19.1 Å². The summed E-state index contributed by atoms with van der Waals surface area (Å²) in [6.07, 6.45) is 3.96. The van der Waals surface area contributed by atoms with Crippen LogP contribution in [0.25, 0.3) is 0 Å². The van der Waals surface area contributed by atoms with Crippen molar-refractivity contribution in [2.24, 2.45) is 17.8 Å². The van der Waals surface area contributed by atoms with Crippen molar-refractivity contribution in [1.82, 2.24) is 4.90 Å². The first-order chi connectivity index (χ1) is 10.0. The third kappa shape index (κ3) is 3.96. The number of carbonyl (C=O) groups excluding carboxylic acids is 1. The number of amides is 1. The van der Waals surface area contributed by atoms with Crippen LogP contribution in [0.2, 0.25) is 0 Å². The molecule has 1 amide bonds. The van der Waals surface area contributed by atoms with Crippen molar-refractivity contribution in [3.63, 3.8) is 0 Å². The highest BCUT2D eigenvalue weighted by Crippen LogP contribution is 2.30. The molecule has 0 aromatic heterocycles. The molecule has 0 aromatic carbocycles. The van der Waals surface area contributed by atoms with E-state index in [4.69, 9.17) is 9.84 Å². The molecule has 0 aliphatic carbocycles. The maximum atomic E-state index is 12.7. The van der Waals surface area contributed by atoms with Gasteiger partial charge in [0.25, 0.3) is 0 Å². The van der Waals surface area contributed by atoms with Crippen LogP contribution < -0.4 is 0 Å². The number of aliphatic carboxylic acids is 1. The average molecular weight is 297 g/mol. The van der Waals surface area contributed by atoms with Gasteiger partial charge in [0, 0.05) is 26.1 Å². The first kappa shape index (κ1) is 16.3. The fourth-order valence-corrected chi connectivity index (χ4v) is 3.68. The van der Waals surface area contributed by atoms with Crippen LogP contribution in [0, 0.1) is 17.8 Å². The fraction of sp³-hybridized carbons (Fsp3) is 0.875. The summed E-state index contributed by atoms with van der Waals surface area (Å²) in [4.78, 5) is 25.5. The zero-order valence-corrected chi connectivity index (χ0v) is 13.1. The number of rotatable bonds is 5. The summed E-state index contributed by atoms with van der Waals surface area (Å²) in [5.74, 6) is -0.0996. The predicted molar refractivity (Wildman–Crippen MR) is 78.9 cm³/mol. The van der Waals surface area contributed by atoms with Gasteiger partial charge in [0.1, 0.15) is 0 Å². The van der Waals surface area contributed by atoms with Crippen molar-refractivity contribution in [3.8, 4) is 0 Å². The minimum Gasteiger partial charge on any atom is -0.481 e. The van der Waals surface area contributed by atoms with Gasteiger partial charge in [-0.05, 0) is 37.5 Å². The Morgan fingerprint density at radius 3 is 2.81 bits per heavy atom. The van der Waals surface area contributed by atoms with E-state index < -0.39 is 5.97 Å². The predicted octanol–water partition coefficient (Wildman–Crippen LogP) is 2.15. The fourth-order valence-electron chi connectivity index (χ4n) is 3.68. The molecule has 5 heteroatoms. The van der Waals surface area contributed by atoms with E-state index in [2.05, 4.69) is 6.92 Å². The van der Waals surface area contributed by atoms with Crippen LogP contribution in [0.3, 0.4) is 0 Å². The quantitative estimate of drug-likeness (QED) is 0.844. The van der Waals surface area contributed by atoms with E-state index in [-0.39, 0.29) is 30.3 Å². The summed E-state index contributed by atoms with van der Waals surface area (Å²) in [5, 5.41) is 8.93. The highest BCUT2D eigenvalue weighted by Gasteiger charge is 2.37. The van der Waals surface area contributed by atoms with Crippen molar-refractivity contribution in [2.75, 3.05) is 19.7 Å². The summed E-state index contributed by atoms with van der Waals surface area (Å²) in [6, 6.07) is 0. The molecule has 2 rings (SSSR count). The molecule has 0 bridgehead atoms. The molecule has 4 atom stereocenters. The van der Waals surface area contributed by atoms with Gasteiger partial charge in [-0.15, -0.1) is 0 Å². The molecule has 120 valence electrons. The standard InChI is InChI=1S/C16H27NO4/c1-3-14-13(6-8-21-14)16(20)17-7-4-5-12(10-17)11(2)9-15(18)19/h11-14H,3-10H2,1-2H3,(H,18,19). The van der Waals surface area contributed by atoms with Crippen molar-refractivity contribution in [2.45, 2.75) is 52.1 Å². The summed E-state index contributed by atoms with van der Waals surface area (Å²) in [6.45, 7) is 6.24. The molecule has 0 radical (unpaired) electrons. The van der Waals surface area contributed by atoms with Crippen LogP contribution in [0.15, 0.2) is 0 Å². The average Bonchev–Trinajstić information content (AvgIpc) is 2.94. The molecular weight excluding hydrogens is 270 g/mol. The minimum atomic E-state index is -0.749. The van der Waals surface area contributed by atoms with Gasteiger partial charge >= 0.3 is 5.97 Å². The van der Waals surface area contributed by atoms with Gasteiger partial charge in [0.2, 0.25) is 5.91 Å². The molecule has 2 aliphatic heterocycles. The van der Waals surface area contributed by atoms with Crippen molar-refractivity contribution < 1.29 is 19.4 Å². The third-order valence-electron chi connectivity index (χ3n) is 5.00. The van der Waals surface area contributed by atoms with Crippen LogP contribution in [0.1, 0.15) is 46.0 Å². The number of nitrogens with zero attached hydrogens (tertiary/aromatic N) is 1. The molecular formula is C16H27NO4. The van der Waals surface area contributed by atoms with Crippen LogP contribution in [0.4, 0.5) is 0 Å². The zero-order chi connectivity index (χ0) is 15.4. The lowest BCUT2D eigenvalue weighted by atomic mass is 9.84. The largest absolute Gasteiger partial charge is 0.481 e. The van der Waals surface area contributed by atoms with Crippen LogP contribution in [-0.4, -0.2) is 47.7 Å². The Hall–Kier alpha value is -1.10. The Kier molecular flexibility index (Phi) is 5.62. The normalized spacial score (nSPS) is 31.1. The van der Waals surface area contributed by atoms with E-state index in [1.807, 2.05) is 11.8 Å². The van der Waals surface area contributed by atoms with Gasteiger partial charge in [-0.1, -0.05) is 13.8 Å². The summed E-state index contributed by atoms with van der Waals surface area (Å²) >= 11 is 0. The Bertz CT molecular complexity index is 384. The molecule has 0 spiro atoms. The highest BCUT2D eigenvalue weighted by molar-refractivity contribution is 5.79. The molecule has 0 aromatic rings. The van der Waals surface area contributed by atoms with Crippen LogP contribution >= 0.6 is 0 Å². The minimum absolute atomic E-state index is 0.00327. The number of carboxylic acid groups (broad SMARTS) is 1. The first-order valence-corrected chi connectivity index (χ1v) is 8.15. The molecule has 21 heavy (non-hydrogen) atoms. The maximum Gasteiger partial charge on any atom is 0.303 e. The second-order valence-corrected chi connectivity index (χ2v) is 6.47. The second-order valence-electron chi connectivity index (χ2n) is 6.47. The number of ether oxygens (including phenoxy) is 1. The molecule has 2 fully saturated rings. The van der Waals surface area contributed by atoms with E-state index in [0.717, 1.165) is 32.2 Å². The van der Waals surface area contributed by atoms with Crippen molar-refractivity contribution in [3.05, 3.63) is 0 Å². The molecule has 2 saturated heterocycles. The highest BCUT2D eigenvalue weighted by atomic mass is 16.5. The smallest absolute Gasteiger partial charge is 0.303 e. The maximum absolute atomic E-state index is 12.7. The van der Waals surface area contributed by atoms with Gasteiger partial charge in [0.05, 0.1) is 12.0 Å². The second kappa shape index (κ2) is 7.25. The van der Waals surface area contributed by atoms with Gasteiger partial charge in [-0.3, -0.25) is 9.59 Å². The third-order valence-corrected chi connectivity index (χ3v) is 5.00. The summed E-state index contributed by atoms with van der Waals surface area (Å²) < 4.78 is 5.63. The van der Waals surface area contributed by atoms with Crippen molar-refractivity contribution in [1.29, 1.82) is 0 Å². The number of piperidine rings is 1. The topological polar surface area (TPSA) is 66.8 Å². The van der Waals surface area contributed by atoms with Crippen LogP contribution in [-0.2, 0) is 14.3 Å². The number of hydrogen-bond acceptors (Lipinski definition) is 3. The summed E-state index contributed by atoms with van der Waals surface area (Å²) in [7, 11) is 0. The molecule has 2 aliphatic rings. The van der Waals surface area contributed by atoms with Gasteiger partial charge in [-0.2, -0.15) is 0 Å². The Balaban J connectivity index is 1.94. The van der Waals surface area contributed by atoms with Crippen molar-refractivity contribution >= 4 is 11.9 Å².